The van der Waals surface area contributed by atoms with Crippen LogP contribution in [0.15, 0.2) is 48.0 Å². The van der Waals surface area contributed by atoms with E-state index in [1.165, 1.54) is 30.8 Å². The Hall–Kier alpha value is -1.78. The van der Waals surface area contributed by atoms with Crippen LogP contribution in [-0.2, 0) is 0 Å². The summed E-state index contributed by atoms with van der Waals surface area (Å²) in [6.07, 6.45) is 1.64. The van der Waals surface area contributed by atoms with Gasteiger partial charge in [0.15, 0.2) is 0 Å². The molecule has 0 aromatic carbocycles. The molecule has 0 N–H and O–H groups in total. The van der Waals surface area contributed by atoms with E-state index in [1.54, 1.807) is 28.9 Å². The second kappa shape index (κ2) is 5.78. The summed E-state index contributed by atoms with van der Waals surface area (Å²) in [4.78, 5) is 11.2. The smallest absolute Gasteiger partial charge is 0.134 e. The lowest BCUT2D eigenvalue weighted by molar-refractivity contribution is 1.41. The molecule has 4 rings (SSSR count). The monoisotopic (exact) mass is 356 g/mol. The van der Waals surface area contributed by atoms with E-state index < -0.39 is 0 Å². The van der Waals surface area contributed by atoms with Crippen LogP contribution in [0.4, 0.5) is 0 Å². The van der Waals surface area contributed by atoms with E-state index in [0.29, 0.717) is 4.88 Å². The van der Waals surface area contributed by atoms with Crippen LogP contribution in [0.1, 0.15) is 4.88 Å². The molecule has 0 unspecified atom stereocenters. The largest absolute Gasteiger partial charge is 0.242 e. The molecule has 106 valence electrons. The predicted molar refractivity (Wildman–Crippen MR) is 96.8 cm³/mol. The van der Waals surface area contributed by atoms with E-state index >= 15 is 0 Å². The summed E-state index contributed by atoms with van der Waals surface area (Å²) in [5.74, 6) is 0. The topological polar surface area (TPSA) is 36.7 Å². The molecule has 4 aromatic rings. The van der Waals surface area contributed by atoms with E-state index in [0.717, 1.165) is 9.88 Å². The Balaban J connectivity index is 1.66. The maximum atomic E-state index is 8.90. The summed E-state index contributed by atoms with van der Waals surface area (Å²) in [6, 6.07) is 15.0. The van der Waals surface area contributed by atoms with Crippen molar-refractivity contribution in [2.24, 2.45) is 0 Å². The van der Waals surface area contributed by atoms with Crippen LogP contribution in [0, 0.1) is 11.3 Å². The summed E-state index contributed by atoms with van der Waals surface area (Å²) >= 11 is 6.75. The molecule has 0 saturated heterocycles. The van der Waals surface area contributed by atoms with Crippen LogP contribution in [-0.4, -0.2) is 4.98 Å². The molecule has 0 aliphatic rings. The van der Waals surface area contributed by atoms with Crippen LogP contribution in [0.2, 0.25) is 0 Å². The van der Waals surface area contributed by atoms with Gasteiger partial charge in [0.1, 0.15) is 16.0 Å². The van der Waals surface area contributed by atoms with E-state index in [1.807, 2.05) is 11.3 Å². The molecule has 0 bridgehead atoms. The summed E-state index contributed by atoms with van der Waals surface area (Å²) in [6.45, 7) is 0. The normalized spacial score (nSPS) is 10.7. The molecule has 4 aromatic heterocycles. The molecule has 0 atom stereocenters. The third-order valence-electron chi connectivity index (χ3n) is 3.05. The molecule has 0 fully saturated rings. The van der Waals surface area contributed by atoms with Gasteiger partial charge in [0.25, 0.3) is 0 Å². The summed E-state index contributed by atoms with van der Waals surface area (Å²) in [5, 5.41) is 11.9. The lowest BCUT2D eigenvalue weighted by Gasteiger charge is -1.91. The fourth-order valence-electron chi connectivity index (χ4n) is 2.05. The highest BCUT2D eigenvalue weighted by atomic mass is 32.1. The van der Waals surface area contributed by atoms with Gasteiger partial charge in [0.2, 0.25) is 0 Å². The summed E-state index contributed by atoms with van der Waals surface area (Å²) in [7, 11) is 0. The van der Waals surface area contributed by atoms with E-state index in [-0.39, 0.29) is 0 Å². The minimum Gasteiger partial charge on any atom is -0.242 e. The number of nitriles is 1. The molecule has 0 saturated carbocycles. The Kier molecular flexibility index (Phi) is 3.64. The number of thiophene rings is 3. The average Bonchev–Trinajstić information content (AvgIpc) is 3.33. The maximum Gasteiger partial charge on any atom is 0.134 e. The van der Waals surface area contributed by atoms with Gasteiger partial charge in [-0.3, -0.25) is 0 Å². The van der Waals surface area contributed by atoms with Gasteiger partial charge in [0, 0.05) is 19.5 Å². The molecule has 0 aliphatic carbocycles. The van der Waals surface area contributed by atoms with E-state index in [4.69, 9.17) is 5.26 Å². The zero-order chi connectivity index (χ0) is 14.9. The highest BCUT2D eigenvalue weighted by Gasteiger charge is 2.11. The fraction of sp³-hybridized carbons (Fsp3) is 0. The van der Waals surface area contributed by atoms with Gasteiger partial charge >= 0.3 is 0 Å². The Bertz CT molecular complexity index is 951. The van der Waals surface area contributed by atoms with Crippen molar-refractivity contribution in [1.82, 2.24) is 4.98 Å². The number of hydrogen-bond acceptors (Lipinski definition) is 6. The third-order valence-corrected chi connectivity index (χ3v) is 7.55. The Morgan fingerprint density at radius 1 is 0.818 bits per heavy atom. The first kappa shape index (κ1) is 13.9. The Labute approximate surface area is 143 Å². The molecule has 2 nitrogen and oxygen atoms in total. The molecule has 0 radical (unpaired) electrons. The van der Waals surface area contributed by atoms with Gasteiger partial charge in [-0.1, -0.05) is 6.07 Å². The molecular weight excluding hydrogens is 348 g/mol. The van der Waals surface area contributed by atoms with Crippen molar-refractivity contribution < 1.29 is 0 Å². The second-order valence-electron chi connectivity index (χ2n) is 4.45. The van der Waals surface area contributed by atoms with Crippen molar-refractivity contribution in [1.29, 1.82) is 5.26 Å². The maximum absolute atomic E-state index is 8.90. The third kappa shape index (κ3) is 2.53. The molecule has 4 heterocycles. The molecular formula is C16H8N2S4. The van der Waals surface area contributed by atoms with Crippen LogP contribution in [0.3, 0.4) is 0 Å². The lowest BCUT2D eigenvalue weighted by Crippen LogP contribution is -1.63. The molecule has 6 heteroatoms. The zero-order valence-electron chi connectivity index (χ0n) is 11.1. The predicted octanol–water partition coefficient (Wildman–Crippen LogP) is 6.20. The van der Waals surface area contributed by atoms with Gasteiger partial charge in [-0.15, -0.1) is 45.3 Å². The summed E-state index contributed by atoms with van der Waals surface area (Å²) < 4.78 is 0. The van der Waals surface area contributed by atoms with Gasteiger partial charge in [-0.05, 0) is 35.7 Å². The lowest BCUT2D eigenvalue weighted by atomic mass is 10.3. The number of hydrogen-bond donors (Lipinski definition) is 0. The minimum absolute atomic E-state index is 0.654. The first-order chi connectivity index (χ1) is 10.8. The number of rotatable bonds is 3. The van der Waals surface area contributed by atoms with Crippen molar-refractivity contribution in [2.45, 2.75) is 0 Å². The average molecular weight is 357 g/mol. The van der Waals surface area contributed by atoms with Crippen molar-refractivity contribution in [3.05, 3.63) is 52.9 Å². The molecule has 0 aliphatic heterocycles. The van der Waals surface area contributed by atoms with Gasteiger partial charge in [-0.2, -0.15) is 5.26 Å². The standard InChI is InChI=1S/C16H8N2S4/c17-8-10-9-18-16(20-10)15-6-5-14(22-15)13-4-3-12(21-13)11-2-1-7-19-11/h1-7,9H. The van der Waals surface area contributed by atoms with Crippen molar-refractivity contribution in [3.63, 3.8) is 0 Å². The highest BCUT2D eigenvalue weighted by molar-refractivity contribution is 7.28. The first-order valence-electron chi connectivity index (χ1n) is 6.44. The van der Waals surface area contributed by atoms with E-state index in [9.17, 15) is 0 Å². The zero-order valence-corrected chi connectivity index (χ0v) is 14.4. The SMILES string of the molecule is N#Cc1cnc(-c2ccc(-c3ccc(-c4cccs4)s3)s2)s1. The Morgan fingerprint density at radius 3 is 2.14 bits per heavy atom. The van der Waals surface area contributed by atoms with Crippen LogP contribution in [0.25, 0.3) is 29.4 Å². The van der Waals surface area contributed by atoms with Crippen LogP contribution in [0.5, 0.6) is 0 Å². The number of aromatic nitrogens is 1. The molecule has 22 heavy (non-hydrogen) atoms. The minimum atomic E-state index is 0.654. The molecule has 0 spiro atoms. The van der Waals surface area contributed by atoms with Crippen molar-refractivity contribution in [3.8, 4) is 35.5 Å². The van der Waals surface area contributed by atoms with Crippen molar-refractivity contribution in [2.75, 3.05) is 0 Å². The first-order valence-corrected chi connectivity index (χ1v) is 9.76. The number of nitrogens with zero attached hydrogens (tertiary/aromatic N) is 2. The quantitative estimate of drug-likeness (QED) is 0.438. The van der Waals surface area contributed by atoms with Crippen LogP contribution < -0.4 is 0 Å². The fourth-order valence-corrected chi connectivity index (χ4v) is 5.76. The van der Waals surface area contributed by atoms with Gasteiger partial charge < -0.3 is 0 Å². The van der Waals surface area contributed by atoms with Gasteiger partial charge in [0.05, 0.1) is 11.1 Å². The second-order valence-corrected chi connectivity index (χ2v) is 8.59. The van der Waals surface area contributed by atoms with Gasteiger partial charge in [-0.25, -0.2) is 4.98 Å². The van der Waals surface area contributed by atoms with Crippen molar-refractivity contribution >= 4 is 45.3 Å². The van der Waals surface area contributed by atoms with E-state index in [2.05, 4.69) is 52.8 Å². The number of thiazole rings is 1. The Morgan fingerprint density at radius 2 is 1.50 bits per heavy atom. The van der Waals surface area contributed by atoms with Crippen LogP contribution >= 0.6 is 45.3 Å². The summed E-state index contributed by atoms with van der Waals surface area (Å²) in [5.41, 5.74) is 0. The highest BCUT2D eigenvalue weighted by Crippen LogP contribution is 2.41. The molecule has 0 amide bonds.